The highest BCUT2D eigenvalue weighted by atomic mass is 16.3. The lowest BCUT2D eigenvalue weighted by Crippen LogP contribution is -2.05. The van der Waals surface area contributed by atoms with Crippen molar-refractivity contribution in [2.75, 3.05) is 10.6 Å². The lowest BCUT2D eigenvalue weighted by atomic mass is 10.2. The van der Waals surface area contributed by atoms with Gasteiger partial charge in [0.1, 0.15) is 17.4 Å². The topological polar surface area (TPSA) is 91.7 Å². The van der Waals surface area contributed by atoms with Crippen molar-refractivity contribution >= 4 is 29.6 Å². The molecule has 0 amide bonds. The van der Waals surface area contributed by atoms with Crippen molar-refractivity contribution in [3.05, 3.63) is 83.7 Å². The first-order valence-corrected chi connectivity index (χ1v) is 8.92. The van der Waals surface area contributed by atoms with E-state index in [4.69, 9.17) is 4.42 Å². The molecule has 4 aromatic rings. The first kappa shape index (κ1) is 17.5. The minimum Gasteiger partial charge on any atom is -0.467 e. The van der Waals surface area contributed by atoms with Gasteiger partial charge in [-0.15, -0.1) is 0 Å². The third-order valence-electron chi connectivity index (χ3n) is 3.95. The molecule has 0 saturated heterocycles. The maximum absolute atomic E-state index is 5.37. The molecular formula is C21H20N6O. The van der Waals surface area contributed by atoms with Crippen LogP contribution in [0.1, 0.15) is 22.8 Å². The Morgan fingerprint density at radius 2 is 1.82 bits per heavy atom. The van der Waals surface area contributed by atoms with Crippen LogP contribution in [0, 0.1) is 6.92 Å². The number of benzene rings is 1. The summed E-state index contributed by atoms with van der Waals surface area (Å²) < 4.78 is 5.37. The predicted molar refractivity (Wildman–Crippen MR) is 110 cm³/mol. The van der Waals surface area contributed by atoms with Gasteiger partial charge in [0, 0.05) is 17.8 Å². The van der Waals surface area contributed by atoms with Crippen LogP contribution in [0.15, 0.2) is 65.3 Å². The first-order chi connectivity index (χ1) is 13.7. The number of anilines is 3. The van der Waals surface area contributed by atoms with Crippen molar-refractivity contribution < 1.29 is 4.42 Å². The third kappa shape index (κ3) is 4.64. The van der Waals surface area contributed by atoms with E-state index in [1.807, 2.05) is 73.7 Å². The van der Waals surface area contributed by atoms with Gasteiger partial charge in [0.05, 0.1) is 12.8 Å². The molecule has 7 heteroatoms. The summed E-state index contributed by atoms with van der Waals surface area (Å²) in [5, 5.41) is 13.6. The van der Waals surface area contributed by atoms with Crippen LogP contribution in [0.2, 0.25) is 0 Å². The van der Waals surface area contributed by atoms with Crippen LogP contribution in [-0.2, 0) is 6.54 Å². The molecule has 0 aliphatic rings. The zero-order valence-electron chi connectivity index (χ0n) is 15.4. The summed E-state index contributed by atoms with van der Waals surface area (Å²) in [7, 11) is 0. The van der Waals surface area contributed by atoms with Gasteiger partial charge < -0.3 is 15.1 Å². The fourth-order valence-corrected chi connectivity index (χ4v) is 2.63. The van der Waals surface area contributed by atoms with Crippen molar-refractivity contribution in [1.82, 2.24) is 20.2 Å². The Kier molecular flexibility index (Phi) is 5.15. The fraction of sp³-hybridized carbons (Fsp3) is 0.0952. The summed E-state index contributed by atoms with van der Waals surface area (Å²) in [5.74, 6) is 3.46. The summed E-state index contributed by atoms with van der Waals surface area (Å²) in [6.07, 6.45) is 5.51. The molecule has 140 valence electrons. The van der Waals surface area contributed by atoms with E-state index in [0.29, 0.717) is 29.8 Å². The van der Waals surface area contributed by atoms with E-state index in [2.05, 4.69) is 30.8 Å². The monoisotopic (exact) mass is 372 g/mol. The molecule has 3 N–H and O–H groups in total. The quantitative estimate of drug-likeness (QED) is 0.438. The normalized spacial score (nSPS) is 11.0. The molecular weight excluding hydrogens is 352 g/mol. The number of aromatic amines is 1. The second-order valence-corrected chi connectivity index (χ2v) is 6.23. The summed E-state index contributed by atoms with van der Waals surface area (Å²) >= 11 is 0. The van der Waals surface area contributed by atoms with Crippen molar-refractivity contribution in [2.24, 2.45) is 0 Å². The lowest BCUT2D eigenvalue weighted by molar-refractivity contribution is 0.518. The van der Waals surface area contributed by atoms with E-state index < -0.39 is 0 Å². The van der Waals surface area contributed by atoms with Gasteiger partial charge in [-0.3, -0.25) is 5.10 Å². The van der Waals surface area contributed by atoms with E-state index in [9.17, 15) is 0 Å². The van der Waals surface area contributed by atoms with Crippen LogP contribution < -0.4 is 10.6 Å². The van der Waals surface area contributed by atoms with Crippen LogP contribution in [0.4, 0.5) is 17.5 Å². The molecule has 0 radical (unpaired) electrons. The summed E-state index contributed by atoms with van der Waals surface area (Å²) in [6.45, 7) is 2.48. The molecule has 0 aliphatic carbocycles. The number of aryl methyl sites for hydroxylation is 1. The Bertz CT molecular complexity index is 1050. The van der Waals surface area contributed by atoms with Crippen LogP contribution in [0.5, 0.6) is 0 Å². The predicted octanol–water partition coefficient (Wildman–Crippen LogP) is 4.63. The smallest absolute Gasteiger partial charge is 0.156 e. The molecule has 28 heavy (non-hydrogen) atoms. The highest BCUT2D eigenvalue weighted by Gasteiger charge is 2.06. The van der Waals surface area contributed by atoms with Gasteiger partial charge in [-0.2, -0.15) is 5.10 Å². The average Bonchev–Trinajstić information content (AvgIpc) is 3.37. The molecule has 7 nitrogen and oxygen atoms in total. The van der Waals surface area contributed by atoms with Crippen molar-refractivity contribution in [3.8, 4) is 0 Å². The number of aromatic nitrogens is 4. The minimum atomic E-state index is 0.535. The molecule has 1 aromatic carbocycles. The number of furan rings is 1. The number of hydrogen-bond donors (Lipinski definition) is 3. The highest BCUT2D eigenvalue weighted by Crippen LogP contribution is 2.18. The molecule has 4 rings (SSSR count). The van der Waals surface area contributed by atoms with Gasteiger partial charge in [0.2, 0.25) is 0 Å². The Morgan fingerprint density at radius 3 is 2.57 bits per heavy atom. The van der Waals surface area contributed by atoms with Crippen LogP contribution in [0.25, 0.3) is 12.2 Å². The summed E-state index contributed by atoms with van der Waals surface area (Å²) in [6, 6.07) is 17.6. The number of nitrogens with zero attached hydrogens (tertiary/aromatic N) is 3. The van der Waals surface area contributed by atoms with Gasteiger partial charge in [0.15, 0.2) is 11.6 Å². The van der Waals surface area contributed by atoms with Gasteiger partial charge >= 0.3 is 0 Å². The van der Waals surface area contributed by atoms with Crippen LogP contribution in [0.3, 0.4) is 0 Å². The standard InChI is InChI=1S/C21H20N6O/c1-15-12-21(27-26-15)25-20-13-19(22-14-17-8-5-11-28-17)23-18(24-20)10-9-16-6-3-2-4-7-16/h2-13H,14H2,1H3,(H3,22,23,24,25,26,27). The fourth-order valence-electron chi connectivity index (χ4n) is 2.63. The zero-order valence-corrected chi connectivity index (χ0v) is 15.4. The minimum absolute atomic E-state index is 0.535. The van der Waals surface area contributed by atoms with Crippen LogP contribution in [-0.4, -0.2) is 20.2 Å². The lowest BCUT2D eigenvalue weighted by Gasteiger charge is -2.08. The molecule has 0 spiro atoms. The Morgan fingerprint density at radius 1 is 0.964 bits per heavy atom. The van der Waals surface area contributed by atoms with E-state index in [-0.39, 0.29) is 0 Å². The van der Waals surface area contributed by atoms with E-state index in [1.165, 1.54) is 0 Å². The Hall–Kier alpha value is -3.87. The van der Waals surface area contributed by atoms with E-state index >= 15 is 0 Å². The molecule has 0 bridgehead atoms. The van der Waals surface area contributed by atoms with E-state index in [1.54, 1.807) is 6.26 Å². The molecule has 0 saturated carbocycles. The van der Waals surface area contributed by atoms with Crippen molar-refractivity contribution in [1.29, 1.82) is 0 Å². The zero-order chi connectivity index (χ0) is 19.2. The summed E-state index contributed by atoms with van der Waals surface area (Å²) in [4.78, 5) is 9.15. The van der Waals surface area contributed by atoms with Gasteiger partial charge in [-0.05, 0) is 30.7 Å². The average molecular weight is 372 g/mol. The van der Waals surface area contributed by atoms with Crippen molar-refractivity contribution in [2.45, 2.75) is 13.5 Å². The third-order valence-corrected chi connectivity index (χ3v) is 3.95. The first-order valence-electron chi connectivity index (χ1n) is 8.92. The second-order valence-electron chi connectivity index (χ2n) is 6.23. The number of hydrogen-bond acceptors (Lipinski definition) is 6. The van der Waals surface area contributed by atoms with Gasteiger partial charge in [0.25, 0.3) is 0 Å². The molecule has 3 heterocycles. The Balaban J connectivity index is 1.58. The van der Waals surface area contributed by atoms with E-state index in [0.717, 1.165) is 17.0 Å². The highest BCUT2D eigenvalue weighted by molar-refractivity contribution is 5.68. The largest absolute Gasteiger partial charge is 0.467 e. The SMILES string of the molecule is Cc1cc(Nc2cc(NCc3ccco3)nc(C=Cc3ccccc3)n2)n[nH]1. The second kappa shape index (κ2) is 8.22. The van der Waals surface area contributed by atoms with Gasteiger partial charge in [-0.1, -0.05) is 36.4 Å². The number of rotatable bonds is 7. The van der Waals surface area contributed by atoms with Crippen molar-refractivity contribution in [3.63, 3.8) is 0 Å². The number of nitrogens with one attached hydrogen (secondary N) is 3. The summed E-state index contributed by atoms with van der Waals surface area (Å²) in [5.41, 5.74) is 2.05. The molecule has 0 unspecified atom stereocenters. The Labute approximate surface area is 162 Å². The molecule has 3 aromatic heterocycles. The maximum atomic E-state index is 5.37. The molecule has 0 atom stereocenters. The van der Waals surface area contributed by atoms with Crippen LogP contribution >= 0.6 is 0 Å². The molecule has 0 fully saturated rings. The van der Waals surface area contributed by atoms with Gasteiger partial charge in [-0.25, -0.2) is 9.97 Å². The molecule has 0 aliphatic heterocycles. The number of H-pyrrole nitrogens is 1. The maximum Gasteiger partial charge on any atom is 0.156 e.